The van der Waals surface area contributed by atoms with Crippen molar-refractivity contribution in [3.63, 3.8) is 0 Å². The molecule has 1 amide bonds. The van der Waals surface area contributed by atoms with Crippen molar-refractivity contribution < 1.29 is 9.21 Å². The lowest BCUT2D eigenvalue weighted by atomic mass is 10.0. The number of para-hydroxylation sites is 1. The van der Waals surface area contributed by atoms with E-state index in [1.54, 1.807) is 0 Å². The van der Waals surface area contributed by atoms with Gasteiger partial charge in [-0.1, -0.05) is 37.5 Å². The van der Waals surface area contributed by atoms with E-state index < -0.39 is 0 Å². The van der Waals surface area contributed by atoms with Gasteiger partial charge < -0.3 is 15.1 Å². The molecule has 1 saturated heterocycles. The lowest BCUT2D eigenvalue weighted by Gasteiger charge is -2.21. The second-order valence-corrected chi connectivity index (χ2v) is 8.91. The fourth-order valence-electron chi connectivity index (χ4n) is 4.20. The SMILES string of the molecule is Cl.NCC1CCN(C(=O)c2oc3ccccc3c2CSC2CCCCC2)C1. The Bertz CT molecular complexity index is 773. The van der Waals surface area contributed by atoms with Crippen molar-refractivity contribution in [2.75, 3.05) is 19.6 Å². The molecule has 0 bridgehead atoms. The number of hydrogen-bond acceptors (Lipinski definition) is 4. The zero-order valence-corrected chi connectivity index (χ0v) is 17.3. The third-order valence-electron chi connectivity index (χ3n) is 5.81. The van der Waals surface area contributed by atoms with Crippen LogP contribution in [0, 0.1) is 5.92 Å². The smallest absolute Gasteiger partial charge is 0.289 e. The molecule has 2 aliphatic rings. The van der Waals surface area contributed by atoms with E-state index in [0.717, 1.165) is 41.8 Å². The highest BCUT2D eigenvalue weighted by Gasteiger charge is 2.30. The molecule has 1 aromatic heterocycles. The van der Waals surface area contributed by atoms with Gasteiger partial charge in [0.25, 0.3) is 5.91 Å². The van der Waals surface area contributed by atoms with Crippen LogP contribution in [0.2, 0.25) is 0 Å². The van der Waals surface area contributed by atoms with Crippen LogP contribution in [0.1, 0.15) is 54.6 Å². The van der Waals surface area contributed by atoms with E-state index in [0.29, 0.717) is 23.5 Å². The lowest BCUT2D eigenvalue weighted by Crippen LogP contribution is -2.30. The maximum absolute atomic E-state index is 13.1. The fourth-order valence-corrected chi connectivity index (χ4v) is 5.56. The molecule has 4 rings (SSSR count). The quantitative estimate of drug-likeness (QED) is 0.768. The number of carbonyl (C=O) groups is 1. The first kappa shape index (κ1) is 20.6. The van der Waals surface area contributed by atoms with Gasteiger partial charge in [-0.2, -0.15) is 11.8 Å². The van der Waals surface area contributed by atoms with Crippen LogP contribution < -0.4 is 5.73 Å². The number of nitrogens with zero attached hydrogens (tertiary/aromatic N) is 1. The Labute approximate surface area is 171 Å². The molecule has 6 heteroatoms. The average Bonchev–Trinajstić information content (AvgIpc) is 3.31. The molecule has 1 aromatic carbocycles. The van der Waals surface area contributed by atoms with Crippen molar-refractivity contribution >= 4 is 41.0 Å². The van der Waals surface area contributed by atoms with Crippen LogP contribution in [0.25, 0.3) is 11.0 Å². The molecule has 2 fully saturated rings. The number of hydrogen-bond donors (Lipinski definition) is 1. The van der Waals surface area contributed by atoms with Crippen LogP contribution in [0.3, 0.4) is 0 Å². The first-order chi connectivity index (χ1) is 12.8. The Morgan fingerprint density at radius 2 is 1.96 bits per heavy atom. The minimum atomic E-state index is 0. The zero-order valence-electron chi connectivity index (χ0n) is 15.7. The van der Waals surface area contributed by atoms with Gasteiger partial charge >= 0.3 is 0 Å². The number of fused-ring (bicyclic) bond motifs is 1. The first-order valence-electron chi connectivity index (χ1n) is 9.87. The number of amides is 1. The molecule has 0 radical (unpaired) electrons. The van der Waals surface area contributed by atoms with E-state index in [1.165, 1.54) is 32.1 Å². The van der Waals surface area contributed by atoms with Gasteiger partial charge in [-0.3, -0.25) is 4.79 Å². The summed E-state index contributed by atoms with van der Waals surface area (Å²) in [5.41, 5.74) is 7.70. The minimum absolute atomic E-state index is 0. The molecule has 148 valence electrons. The molecule has 1 aliphatic heterocycles. The number of halogens is 1. The number of furan rings is 1. The predicted octanol–water partition coefficient (Wildman–Crippen LogP) is 4.84. The average molecular weight is 409 g/mol. The highest BCUT2D eigenvalue weighted by molar-refractivity contribution is 7.99. The van der Waals surface area contributed by atoms with Gasteiger partial charge in [0.1, 0.15) is 5.58 Å². The van der Waals surface area contributed by atoms with Gasteiger partial charge in [0.05, 0.1) is 0 Å². The van der Waals surface area contributed by atoms with Crippen molar-refractivity contribution in [2.24, 2.45) is 11.7 Å². The topological polar surface area (TPSA) is 59.5 Å². The van der Waals surface area contributed by atoms with E-state index in [-0.39, 0.29) is 18.3 Å². The van der Waals surface area contributed by atoms with Crippen molar-refractivity contribution in [1.82, 2.24) is 4.90 Å². The largest absolute Gasteiger partial charge is 0.451 e. The minimum Gasteiger partial charge on any atom is -0.451 e. The van der Waals surface area contributed by atoms with Gasteiger partial charge in [-0.15, -0.1) is 12.4 Å². The van der Waals surface area contributed by atoms with E-state index >= 15 is 0 Å². The summed E-state index contributed by atoms with van der Waals surface area (Å²) in [6.07, 6.45) is 7.64. The first-order valence-corrected chi connectivity index (χ1v) is 10.9. The Hall–Kier alpha value is -1.17. The number of benzene rings is 1. The van der Waals surface area contributed by atoms with E-state index in [4.69, 9.17) is 10.2 Å². The van der Waals surface area contributed by atoms with Crippen LogP contribution in [0.5, 0.6) is 0 Å². The molecule has 4 nitrogen and oxygen atoms in total. The molecule has 27 heavy (non-hydrogen) atoms. The molecule has 2 heterocycles. The summed E-state index contributed by atoms with van der Waals surface area (Å²) in [7, 11) is 0. The van der Waals surface area contributed by atoms with Gasteiger partial charge in [0, 0.05) is 35.0 Å². The zero-order chi connectivity index (χ0) is 17.9. The molecule has 2 aromatic rings. The third kappa shape index (κ3) is 4.47. The van der Waals surface area contributed by atoms with E-state index in [2.05, 4.69) is 6.07 Å². The van der Waals surface area contributed by atoms with Crippen molar-refractivity contribution in [1.29, 1.82) is 0 Å². The molecule has 1 aliphatic carbocycles. The summed E-state index contributed by atoms with van der Waals surface area (Å²) in [6.45, 7) is 2.18. The fraction of sp³-hybridized carbons (Fsp3) is 0.571. The van der Waals surface area contributed by atoms with Crippen molar-refractivity contribution in [3.05, 3.63) is 35.6 Å². The summed E-state index contributed by atoms with van der Waals surface area (Å²) in [5, 5.41) is 1.81. The number of nitrogens with two attached hydrogens (primary N) is 1. The van der Waals surface area contributed by atoms with Gasteiger partial charge in [-0.25, -0.2) is 0 Å². The lowest BCUT2D eigenvalue weighted by molar-refractivity contribution is 0.0757. The second-order valence-electron chi connectivity index (χ2n) is 7.62. The summed E-state index contributed by atoms with van der Waals surface area (Å²) in [6, 6.07) is 8.05. The van der Waals surface area contributed by atoms with Crippen LogP contribution in [-0.4, -0.2) is 35.7 Å². The molecule has 1 saturated carbocycles. The number of thioether (sulfide) groups is 1. The molecule has 2 N–H and O–H groups in total. The van der Waals surface area contributed by atoms with Crippen molar-refractivity contribution in [2.45, 2.75) is 49.5 Å². The summed E-state index contributed by atoms with van der Waals surface area (Å²) in [5.74, 6) is 1.86. The monoisotopic (exact) mass is 408 g/mol. The van der Waals surface area contributed by atoms with Gasteiger partial charge in [-0.05, 0) is 37.8 Å². The Morgan fingerprint density at radius 1 is 1.19 bits per heavy atom. The van der Waals surface area contributed by atoms with Crippen LogP contribution in [-0.2, 0) is 5.75 Å². The van der Waals surface area contributed by atoms with Crippen molar-refractivity contribution in [3.8, 4) is 0 Å². The summed E-state index contributed by atoms with van der Waals surface area (Å²) < 4.78 is 6.05. The number of rotatable bonds is 5. The molecular formula is C21H29ClN2O2S. The highest BCUT2D eigenvalue weighted by Crippen LogP contribution is 2.35. The Morgan fingerprint density at radius 3 is 2.70 bits per heavy atom. The van der Waals surface area contributed by atoms with E-state index in [9.17, 15) is 4.79 Å². The van der Waals surface area contributed by atoms with Crippen LogP contribution in [0.4, 0.5) is 0 Å². The number of carbonyl (C=O) groups excluding carboxylic acids is 1. The van der Waals surface area contributed by atoms with Gasteiger partial charge in [0.15, 0.2) is 5.76 Å². The Balaban J connectivity index is 0.00000210. The molecule has 1 atom stereocenters. The second kappa shape index (κ2) is 9.35. The maximum atomic E-state index is 13.1. The standard InChI is InChI=1S/C21H28N2O2S.ClH/c22-12-15-10-11-23(13-15)21(24)20-18(14-26-16-6-2-1-3-7-16)17-8-4-5-9-19(17)25-20;/h4-5,8-9,15-16H,1-3,6-7,10-14,22H2;1H. The summed E-state index contributed by atoms with van der Waals surface area (Å²) >= 11 is 2.00. The Kier molecular flexibility index (Phi) is 7.12. The summed E-state index contributed by atoms with van der Waals surface area (Å²) in [4.78, 5) is 15.1. The maximum Gasteiger partial charge on any atom is 0.289 e. The van der Waals surface area contributed by atoms with Crippen LogP contribution >= 0.6 is 24.2 Å². The van der Waals surface area contributed by atoms with Gasteiger partial charge in [0.2, 0.25) is 0 Å². The third-order valence-corrected chi connectivity index (χ3v) is 7.21. The molecular weight excluding hydrogens is 380 g/mol. The van der Waals surface area contributed by atoms with Crippen LogP contribution in [0.15, 0.2) is 28.7 Å². The highest BCUT2D eigenvalue weighted by atomic mass is 35.5. The van der Waals surface area contributed by atoms with E-state index in [1.807, 2.05) is 34.9 Å². The predicted molar refractivity (Wildman–Crippen MR) is 115 cm³/mol. The number of likely N-dealkylation sites (tertiary alicyclic amines) is 1. The normalized spacial score (nSPS) is 20.8. The molecule has 1 unspecified atom stereocenters. The molecule has 0 spiro atoms.